The van der Waals surface area contributed by atoms with Gasteiger partial charge in [0.2, 0.25) is 5.91 Å². The summed E-state index contributed by atoms with van der Waals surface area (Å²) in [5.41, 5.74) is 0. The molecule has 0 saturated carbocycles. The van der Waals surface area contributed by atoms with E-state index in [1.807, 2.05) is 13.8 Å². The second-order valence-corrected chi connectivity index (χ2v) is 8.24. The predicted octanol–water partition coefficient (Wildman–Crippen LogP) is 0.231. The minimum atomic E-state index is -3.41. The van der Waals surface area contributed by atoms with E-state index in [9.17, 15) is 13.2 Å². The summed E-state index contributed by atoms with van der Waals surface area (Å²) in [7, 11) is -3.41. The van der Waals surface area contributed by atoms with E-state index in [2.05, 4.69) is 15.4 Å². The molecule has 9 heteroatoms. The lowest BCUT2D eigenvalue weighted by Gasteiger charge is -2.32. The summed E-state index contributed by atoms with van der Waals surface area (Å²) in [6.45, 7) is 6.10. The largest absolute Gasteiger partial charge is 0.354 e. The molecule has 0 bridgehead atoms. The van der Waals surface area contributed by atoms with Gasteiger partial charge in [0.1, 0.15) is 0 Å². The van der Waals surface area contributed by atoms with Gasteiger partial charge in [-0.05, 0) is 52.0 Å². The molecule has 2 unspecified atom stereocenters. The lowest BCUT2D eigenvalue weighted by Crippen LogP contribution is -2.50. The summed E-state index contributed by atoms with van der Waals surface area (Å²) in [6, 6.07) is -0.190. The van der Waals surface area contributed by atoms with Crippen LogP contribution in [0.15, 0.2) is 0 Å². The van der Waals surface area contributed by atoms with Crippen molar-refractivity contribution < 1.29 is 13.2 Å². The number of halogens is 1. The van der Waals surface area contributed by atoms with Gasteiger partial charge in [-0.3, -0.25) is 4.79 Å². The smallest absolute Gasteiger partial charge is 0.279 e. The van der Waals surface area contributed by atoms with Crippen LogP contribution in [-0.4, -0.2) is 56.9 Å². The standard InChI is InChI=1S/C14H28N4O3S.ClH/c1-11(2)17-22(20,21)18-8-4-5-12(10-18)9-16-14(19)13-6-3-7-15-13;/h11-13,15,17H,3-10H2,1-2H3,(H,16,19);1H. The fraction of sp³-hybridized carbons (Fsp3) is 0.929. The number of hydrogen-bond acceptors (Lipinski definition) is 4. The Kier molecular flexibility index (Phi) is 8.23. The van der Waals surface area contributed by atoms with Crippen LogP contribution in [0.2, 0.25) is 0 Å². The van der Waals surface area contributed by atoms with E-state index >= 15 is 0 Å². The van der Waals surface area contributed by atoms with E-state index in [0.29, 0.717) is 19.6 Å². The first-order valence-electron chi connectivity index (χ1n) is 8.17. The number of carbonyl (C=O) groups is 1. The molecule has 2 aliphatic heterocycles. The van der Waals surface area contributed by atoms with Crippen molar-refractivity contribution >= 4 is 28.5 Å². The summed E-state index contributed by atoms with van der Waals surface area (Å²) >= 11 is 0. The van der Waals surface area contributed by atoms with E-state index in [1.54, 1.807) is 0 Å². The van der Waals surface area contributed by atoms with Gasteiger partial charge < -0.3 is 10.6 Å². The Morgan fingerprint density at radius 2 is 2.04 bits per heavy atom. The zero-order valence-corrected chi connectivity index (χ0v) is 15.5. The Bertz CT molecular complexity index is 480. The first-order valence-corrected chi connectivity index (χ1v) is 9.61. The zero-order chi connectivity index (χ0) is 16.2. The lowest BCUT2D eigenvalue weighted by molar-refractivity contribution is -0.123. The van der Waals surface area contributed by atoms with E-state index in [0.717, 1.165) is 32.2 Å². The highest BCUT2D eigenvalue weighted by Crippen LogP contribution is 2.18. The molecule has 2 saturated heterocycles. The van der Waals surface area contributed by atoms with Crippen LogP contribution in [0.4, 0.5) is 0 Å². The Labute approximate surface area is 145 Å². The van der Waals surface area contributed by atoms with E-state index < -0.39 is 10.2 Å². The normalized spacial score (nSPS) is 26.0. The van der Waals surface area contributed by atoms with Crippen LogP contribution in [0.5, 0.6) is 0 Å². The molecule has 2 fully saturated rings. The first kappa shape index (κ1) is 20.6. The molecule has 23 heavy (non-hydrogen) atoms. The molecule has 0 spiro atoms. The van der Waals surface area contributed by atoms with Crippen molar-refractivity contribution in [3.05, 3.63) is 0 Å². The van der Waals surface area contributed by atoms with E-state index in [-0.39, 0.29) is 36.3 Å². The van der Waals surface area contributed by atoms with Crippen molar-refractivity contribution in [2.24, 2.45) is 5.92 Å². The predicted molar refractivity (Wildman–Crippen MR) is 92.8 cm³/mol. The minimum absolute atomic E-state index is 0. The van der Waals surface area contributed by atoms with Gasteiger partial charge in [-0.15, -0.1) is 12.4 Å². The molecule has 7 nitrogen and oxygen atoms in total. The third-order valence-electron chi connectivity index (χ3n) is 4.15. The topological polar surface area (TPSA) is 90.5 Å². The first-order chi connectivity index (χ1) is 10.4. The van der Waals surface area contributed by atoms with Gasteiger partial charge in [0.05, 0.1) is 6.04 Å². The Hall–Kier alpha value is -0.410. The third-order valence-corrected chi connectivity index (χ3v) is 5.93. The molecular weight excluding hydrogens is 340 g/mol. The molecule has 3 N–H and O–H groups in total. The van der Waals surface area contributed by atoms with Gasteiger partial charge >= 0.3 is 0 Å². The number of nitrogens with one attached hydrogen (secondary N) is 3. The maximum absolute atomic E-state index is 12.2. The van der Waals surface area contributed by atoms with E-state index in [4.69, 9.17) is 0 Å². The highest BCUT2D eigenvalue weighted by molar-refractivity contribution is 7.87. The monoisotopic (exact) mass is 368 g/mol. The summed E-state index contributed by atoms with van der Waals surface area (Å²) in [4.78, 5) is 12.0. The molecule has 0 radical (unpaired) electrons. The highest BCUT2D eigenvalue weighted by Gasteiger charge is 2.30. The minimum Gasteiger partial charge on any atom is -0.354 e. The van der Waals surface area contributed by atoms with Gasteiger partial charge in [-0.2, -0.15) is 17.4 Å². The zero-order valence-electron chi connectivity index (χ0n) is 13.9. The SMILES string of the molecule is CC(C)NS(=O)(=O)N1CCCC(CNC(=O)C2CCCN2)C1.Cl. The fourth-order valence-corrected chi connectivity index (χ4v) is 4.58. The van der Waals surface area contributed by atoms with Crippen LogP contribution in [0.1, 0.15) is 39.5 Å². The quantitative estimate of drug-likeness (QED) is 0.626. The van der Waals surface area contributed by atoms with Crippen molar-refractivity contribution in [1.82, 2.24) is 19.7 Å². The average Bonchev–Trinajstić information content (AvgIpc) is 2.98. The second kappa shape index (κ2) is 9.17. The second-order valence-electron chi connectivity index (χ2n) is 6.54. The molecule has 2 atom stereocenters. The number of piperidine rings is 1. The molecule has 2 aliphatic rings. The lowest BCUT2D eigenvalue weighted by atomic mass is 9.99. The molecule has 1 amide bonds. The number of hydrogen-bond donors (Lipinski definition) is 3. The van der Waals surface area contributed by atoms with Crippen molar-refractivity contribution in [2.45, 2.75) is 51.6 Å². The molecular formula is C14H29ClN4O3S. The summed E-state index contributed by atoms with van der Waals surface area (Å²) in [5.74, 6) is 0.223. The third kappa shape index (κ3) is 6.19. The van der Waals surface area contributed by atoms with Crippen LogP contribution in [0.3, 0.4) is 0 Å². The Morgan fingerprint density at radius 1 is 1.30 bits per heavy atom. The average molecular weight is 369 g/mol. The molecule has 0 aromatic rings. The van der Waals surface area contributed by atoms with Crippen molar-refractivity contribution in [2.75, 3.05) is 26.2 Å². The number of rotatable bonds is 6. The highest BCUT2D eigenvalue weighted by atomic mass is 35.5. The van der Waals surface area contributed by atoms with Gasteiger partial charge in [-0.25, -0.2) is 0 Å². The van der Waals surface area contributed by atoms with Gasteiger partial charge in [0.25, 0.3) is 10.2 Å². The molecule has 0 aromatic heterocycles. The number of amides is 1. The summed E-state index contributed by atoms with van der Waals surface area (Å²) < 4.78 is 28.5. The maximum atomic E-state index is 12.2. The van der Waals surface area contributed by atoms with Gasteiger partial charge in [-0.1, -0.05) is 0 Å². The number of carbonyl (C=O) groups excluding carboxylic acids is 1. The van der Waals surface area contributed by atoms with Crippen molar-refractivity contribution in [3.8, 4) is 0 Å². The van der Waals surface area contributed by atoms with Gasteiger partial charge in [0, 0.05) is 25.7 Å². The van der Waals surface area contributed by atoms with E-state index in [1.165, 1.54) is 4.31 Å². The van der Waals surface area contributed by atoms with Crippen LogP contribution in [0.25, 0.3) is 0 Å². The molecule has 2 rings (SSSR count). The molecule has 136 valence electrons. The summed E-state index contributed by atoms with van der Waals surface area (Å²) in [6.07, 6.45) is 3.71. The van der Waals surface area contributed by atoms with Crippen LogP contribution in [0, 0.1) is 5.92 Å². The van der Waals surface area contributed by atoms with Gasteiger partial charge in [0.15, 0.2) is 0 Å². The summed E-state index contributed by atoms with van der Waals surface area (Å²) in [5, 5.41) is 6.13. The van der Waals surface area contributed by atoms with Crippen LogP contribution in [-0.2, 0) is 15.0 Å². The van der Waals surface area contributed by atoms with Crippen molar-refractivity contribution in [1.29, 1.82) is 0 Å². The Balaban J connectivity index is 0.00000264. The fourth-order valence-electron chi connectivity index (χ4n) is 3.06. The Morgan fingerprint density at radius 3 is 2.65 bits per heavy atom. The van der Waals surface area contributed by atoms with Crippen LogP contribution < -0.4 is 15.4 Å². The number of nitrogens with zero attached hydrogens (tertiary/aromatic N) is 1. The van der Waals surface area contributed by atoms with Crippen molar-refractivity contribution in [3.63, 3.8) is 0 Å². The molecule has 0 aliphatic carbocycles. The molecule has 0 aromatic carbocycles. The maximum Gasteiger partial charge on any atom is 0.279 e. The molecule has 2 heterocycles. The van der Waals surface area contributed by atoms with Crippen LogP contribution >= 0.6 is 12.4 Å².